The van der Waals surface area contributed by atoms with Crippen LogP contribution in [-0.4, -0.2) is 17.6 Å². The van der Waals surface area contributed by atoms with Crippen LogP contribution in [0.4, 0.5) is 0 Å². The first kappa shape index (κ1) is 14.6. The van der Waals surface area contributed by atoms with E-state index < -0.39 is 11.5 Å². The third-order valence-corrected chi connectivity index (χ3v) is 3.48. The molecule has 0 aliphatic rings. The predicted octanol–water partition coefficient (Wildman–Crippen LogP) is 3.53. The lowest BCUT2D eigenvalue weighted by atomic mass is 10.0. The summed E-state index contributed by atoms with van der Waals surface area (Å²) in [5.74, 6) is -0.579. The van der Waals surface area contributed by atoms with Crippen molar-refractivity contribution in [3.63, 3.8) is 0 Å². The molecule has 104 valence electrons. The van der Waals surface area contributed by atoms with Gasteiger partial charge in [-0.1, -0.05) is 35.3 Å². The van der Waals surface area contributed by atoms with Crippen molar-refractivity contribution in [2.24, 2.45) is 0 Å². The van der Waals surface area contributed by atoms with Gasteiger partial charge in [-0.2, -0.15) is 0 Å². The molecular formula is C14H11Cl2NO3. The zero-order valence-electron chi connectivity index (χ0n) is 10.6. The number of carbonyl (C=O) groups excluding carboxylic acids is 1. The van der Waals surface area contributed by atoms with E-state index in [1.54, 1.807) is 25.1 Å². The number of pyridine rings is 1. The zero-order chi connectivity index (χ0) is 14.7. The van der Waals surface area contributed by atoms with Gasteiger partial charge >= 0.3 is 5.97 Å². The van der Waals surface area contributed by atoms with E-state index >= 15 is 0 Å². The van der Waals surface area contributed by atoms with Crippen molar-refractivity contribution >= 4 is 29.2 Å². The molecule has 0 radical (unpaired) electrons. The quantitative estimate of drug-likeness (QED) is 0.882. The largest absolute Gasteiger partial charge is 0.462 e. The number of rotatable bonds is 3. The lowest BCUT2D eigenvalue weighted by Crippen LogP contribution is -2.13. The molecule has 20 heavy (non-hydrogen) atoms. The van der Waals surface area contributed by atoms with Crippen molar-refractivity contribution in [2.45, 2.75) is 6.92 Å². The lowest BCUT2D eigenvalue weighted by molar-refractivity contribution is 0.0527. The Balaban J connectivity index is 2.65. The highest BCUT2D eigenvalue weighted by atomic mass is 35.5. The van der Waals surface area contributed by atoms with Crippen LogP contribution in [0.2, 0.25) is 10.0 Å². The van der Waals surface area contributed by atoms with Gasteiger partial charge < -0.3 is 9.72 Å². The van der Waals surface area contributed by atoms with E-state index in [2.05, 4.69) is 4.98 Å². The van der Waals surface area contributed by atoms with Crippen molar-refractivity contribution in [1.82, 2.24) is 4.98 Å². The van der Waals surface area contributed by atoms with Crippen LogP contribution in [0, 0.1) is 0 Å². The number of benzene rings is 1. The summed E-state index contributed by atoms with van der Waals surface area (Å²) in [4.78, 5) is 25.9. The van der Waals surface area contributed by atoms with Crippen LogP contribution >= 0.6 is 23.2 Å². The lowest BCUT2D eigenvalue weighted by Gasteiger charge is -2.10. The Hall–Kier alpha value is -1.78. The van der Waals surface area contributed by atoms with Gasteiger partial charge in [0.15, 0.2) is 0 Å². The molecule has 0 atom stereocenters. The predicted molar refractivity (Wildman–Crippen MR) is 78.5 cm³/mol. The minimum absolute atomic E-state index is 0.153. The van der Waals surface area contributed by atoms with Crippen molar-refractivity contribution in [1.29, 1.82) is 0 Å². The highest BCUT2D eigenvalue weighted by molar-refractivity contribution is 6.43. The molecule has 2 aromatic rings. The first-order chi connectivity index (χ1) is 9.54. The number of halogens is 2. The van der Waals surface area contributed by atoms with Crippen LogP contribution in [0.1, 0.15) is 17.3 Å². The fourth-order valence-corrected chi connectivity index (χ4v) is 2.19. The molecule has 0 spiro atoms. The van der Waals surface area contributed by atoms with E-state index in [1.165, 1.54) is 12.3 Å². The van der Waals surface area contributed by atoms with E-state index in [9.17, 15) is 9.59 Å². The summed E-state index contributed by atoms with van der Waals surface area (Å²) >= 11 is 12.1. The average molecular weight is 312 g/mol. The van der Waals surface area contributed by atoms with Gasteiger partial charge in [0.1, 0.15) is 0 Å². The van der Waals surface area contributed by atoms with Gasteiger partial charge in [-0.3, -0.25) is 4.79 Å². The maximum Gasteiger partial charge on any atom is 0.339 e. The second-order valence-corrected chi connectivity index (χ2v) is 4.73. The Kier molecular flexibility index (Phi) is 4.47. The Morgan fingerprint density at radius 2 is 2.05 bits per heavy atom. The van der Waals surface area contributed by atoms with E-state index in [0.717, 1.165) is 0 Å². The molecule has 2 rings (SSSR count). The number of aromatic amines is 1. The summed E-state index contributed by atoms with van der Waals surface area (Å²) in [7, 11) is 0. The molecular weight excluding hydrogens is 301 g/mol. The Morgan fingerprint density at radius 1 is 1.30 bits per heavy atom. The minimum atomic E-state index is -0.579. The van der Waals surface area contributed by atoms with Crippen LogP contribution < -0.4 is 5.56 Å². The number of hydrogen-bond acceptors (Lipinski definition) is 3. The molecule has 0 saturated carbocycles. The van der Waals surface area contributed by atoms with Crippen LogP contribution in [0.25, 0.3) is 11.1 Å². The monoisotopic (exact) mass is 311 g/mol. The summed E-state index contributed by atoms with van der Waals surface area (Å²) in [6, 6.07) is 6.25. The molecule has 0 unspecified atom stereocenters. The van der Waals surface area contributed by atoms with E-state index in [1.807, 2.05) is 0 Å². The molecule has 4 nitrogen and oxygen atoms in total. The molecule has 0 fully saturated rings. The van der Waals surface area contributed by atoms with Crippen LogP contribution in [-0.2, 0) is 4.74 Å². The van der Waals surface area contributed by atoms with Crippen LogP contribution in [0.15, 0.2) is 35.3 Å². The second kappa shape index (κ2) is 6.11. The molecule has 0 amide bonds. The standard InChI is InChI=1S/C14H11Cl2NO3/c1-2-20-14(19)9-6-12(18)17-7-10(9)8-4-3-5-11(15)13(8)16/h3-7H,2H2,1H3,(H,17,18). The third kappa shape index (κ3) is 2.86. The van der Waals surface area contributed by atoms with Gasteiger partial charge in [0, 0.05) is 23.4 Å². The van der Waals surface area contributed by atoms with E-state index in [-0.39, 0.29) is 12.2 Å². The van der Waals surface area contributed by atoms with Gasteiger partial charge in [0.2, 0.25) is 5.56 Å². The van der Waals surface area contributed by atoms with Crippen molar-refractivity contribution in [3.8, 4) is 11.1 Å². The molecule has 0 aliphatic carbocycles. The molecule has 1 N–H and O–H groups in total. The van der Waals surface area contributed by atoms with Gasteiger partial charge in [-0.25, -0.2) is 4.79 Å². The maximum absolute atomic E-state index is 11.9. The number of ether oxygens (including phenoxy) is 1. The first-order valence-corrected chi connectivity index (χ1v) is 6.64. The van der Waals surface area contributed by atoms with Gasteiger partial charge in [-0.15, -0.1) is 0 Å². The maximum atomic E-state index is 11.9. The van der Waals surface area contributed by atoms with E-state index in [4.69, 9.17) is 27.9 Å². The summed E-state index contributed by atoms with van der Waals surface area (Å²) < 4.78 is 4.95. The minimum Gasteiger partial charge on any atom is -0.462 e. The topological polar surface area (TPSA) is 59.2 Å². The number of H-pyrrole nitrogens is 1. The number of aromatic nitrogens is 1. The number of esters is 1. The van der Waals surface area contributed by atoms with Gasteiger partial charge in [-0.05, 0) is 13.0 Å². The smallest absolute Gasteiger partial charge is 0.339 e. The first-order valence-electron chi connectivity index (χ1n) is 5.88. The van der Waals surface area contributed by atoms with Gasteiger partial charge in [0.05, 0.1) is 22.2 Å². The molecule has 6 heteroatoms. The number of hydrogen-bond donors (Lipinski definition) is 1. The average Bonchev–Trinajstić information content (AvgIpc) is 2.42. The van der Waals surface area contributed by atoms with Crippen molar-refractivity contribution in [3.05, 3.63) is 56.4 Å². The molecule has 0 saturated heterocycles. The van der Waals surface area contributed by atoms with Crippen LogP contribution in [0.3, 0.4) is 0 Å². The fourth-order valence-electron chi connectivity index (χ4n) is 1.78. The Labute approximate surface area is 125 Å². The van der Waals surface area contributed by atoms with Crippen molar-refractivity contribution < 1.29 is 9.53 Å². The normalized spacial score (nSPS) is 10.3. The molecule has 1 heterocycles. The summed E-state index contributed by atoms with van der Waals surface area (Å²) in [6.07, 6.45) is 1.42. The van der Waals surface area contributed by atoms with Crippen molar-refractivity contribution in [2.75, 3.05) is 6.61 Å². The summed E-state index contributed by atoms with van der Waals surface area (Å²) in [5.41, 5.74) is 0.781. The van der Waals surface area contributed by atoms with Gasteiger partial charge in [0.25, 0.3) is 0 Å². The highest BCUT2D eigenvalue weighted by Gasteiger charge is 2.17. The SMILES string of the molecule is CCOC(=O)c1cc(=O)[nH]cc1-c1cccc(Cl)c1Cl. The van der Waals surface area contributed by atoms with E-state index in [0.29, 0.717) is 21.2 Å². The fraction of sp³-hybridized carbons (Fsp3) is 0.143. The Morgan fingerprint density at radius 3 is 2.75 bits per heavy atom. The van der Waals surface area contributed by atoms with Crippen LogP contribution in [0.5, 0.6) is 0 Å². The molecule has 0 bridgehead atoms. The summed E-state index contributed by atoms with van der Waals surface area (Å²) in [5, 5.41) is 0.678. The molecule has 1 aromatic heterocycles. The Bertz CT molecular complexity index is 710. The zero-order valence-corrected chi connectivity index (χ0v) is 12.1. The number of nitrogens with one attached hydrogen (secondary N) is 1. The number of carbonyl (C=O) groups is 1. The molecule has 0 aliphatic heterocycles. The molecule has 1 aromatic carbocycles. The second-order valence-electron chi connectivity index (χ2n) is 3.95. The third-order valence-electron chi connectivity index (χ3n) is 2.66. The highest BCUT2D eigenvalue weighted by Crippen LogP contribution is 2.34. The summed E-state index contributed by atoms with van der Waals surface area (Å²) in [6.45, 7) is 1.91.